The highest BCUT2D eigenvalue weighted by Gasteiger charge is 2.21. The fourth-order valence-electron chi connectivity index (χ4n) is 1.14. The molecule has 1 atom stereocenters. The Labute approximate surface area is 74.3 Å². The summed E-state index contributed by atoms with van der Waals surface area (Å²) >= 11 is 0. The Hall–Kier alpha value is -0.660. The van der Waals surface area contributed by atoms with Crippen molar-refractivity contribution in [3.8, 4) is 0 Å². The summed E-state index contributed by atoms with van der Waals surface area (Å²) in [5, 5.41) is 0. The van der Waals surface area contributed by atoms with E-state index in [1.54, 1.807) is 0 Å². The molecule has 0 aromatic rings. The molecule has 70 valence electrons. The highest BCUT2D eigenvalue weighted by Crippen LogP contribution is 2.14. The van der Waals surface area contributed by atoms with Gasteiger partial charge in [-0.25, -0.2) is 0 Å². The Balaban J connectivity index is 4.13. The number of aldehydes is 1. The molecule has 0 saturated carbocycles. The first-order chi connectivity index (χ1) is 5.49. The SMILES string of the molecule is CC(C)CC(=O)C(C=O)C(C)C. The van der Waals surface area contributed by atoms with Gasteiger partial charge in [0.1, 0.15) is 12.1 Å². The van der Waals surface area contributed by atoms with Crippen molar-refractivity contribution in [1.82, 2.24) is 0 Å². The molecule has 0 radical (unpaired) electrons. The van der Waals surface area contributed by atoms with Gasteiger partial charge >= 0.3 is 0 Å². The van der Waals surface area contributed by atoms with E-state index >= 15 is 0 Å². The van der Waals surface area contributed by atoms with E-state index in [1.165, 1.54) is 0 Å². The Kier molecular flexibility index (Phi) is 4.79. The predicted molar refractivity (Wildman–Crippen MR) is 48.9 cm³/mol. The zero-order valence-corrected chi connectivity index (χ0v) is 8.33. The van der Waals surface area contributed by atoms with Crippen molar-refractivity contribution >= 4 is 12.1 Å². The van der Waals surface area contributed by atoms with Crippen LogP contribution in [-0.4, -0.2) is 12.1 Å². The van der Waals surface area contributed by atoms with Crippen LogP contribution in [0.3, 0.4) is 0 Å². The minimum absolute atomic E-state index is 0.0787. The molecular formula is C10H18O2. The number of carbonyl (C=O) groups excluding carboxylic acids is 2. The molecule has 0 fully saturated rings. The van der Waals surface area contributed by atoms with E-state index in [2.05, 4.69) is 0 Å². The molecule has 0 saturated heterocycles. The third-order valence-electron chi connectivity index (χ3n) is 1.85. The van der Waals surface area contributed by atoms with E-state index < -0.39 is 5.92 Å². The molecule has 0 rings (SSSR count). The van der Waals surface area contributed by atoms with Crippen molar-refractivity contribution in [3.05, 3.63) is 0 Å². The molecule has 0 aliphatic heterocycles. The summed E-state index contributed by atoms with van der Waals surface area (Å²) in [6.45, 7) is 7.77. The molecule has 0 N–H and O–H groups in total. The van der Waals surface area contributed by atoms with Gasteiger partial charge in [0.2, 0.25) is 0 Å². The summed E-state index contributed by atoms with van der Waals surface area (Å²) in [5.41, 5.74) is 0. The highest BCUT2D eigenvalue weighted by molar-refractivity contribution is 5.93. The van der Waals surface area contributed by atoms with Crippen molar-refractivity contribution in [3.63, 3.8) is 0 Å². The second kappa shape index (κ2) is 5.07. The molecular weight excluding hydrogens is 152 g/mol. The van der Waals surface area contributed by atoms with Crippen LogP contribution >= 0.6 is 0 Å². The highest BCUT2D eigenvalue weighted by atomic mass is 16.1. The summed E-state index contributed by atoms with van der Waals surface area (Å²) in [4.78, 5) is 21.9. The molecule has 0 heterocycles. The maximum atomic E-state index is 11.4. The van der Waals surface area contributed by atoms with Crippen molar-refractivity contribution in [1.29, 1.82) is 0 Å². The van der Waals surface area contributed by atoms with Crippen LogP contribution in [0.2, 0.25) is 0 Å². The number of hydrogen-bond donors (Lipinski definition) is 0. The molecule has 1 unspecified atom stereocenters. The number of ketones is 1. The monoisotopic (exact) mass is 170 g/mol. The average Bonchev–Trinajstić information content (AvgIpc) is 1.85. The van der Waals surface area contributed by atoms with E-state index in [9.17, 15) is 9.59 Å². The lowest BCUT2D eigenvalue weighted by Gasteiger charge is -2.13. The third-order valence-corrected chi connectivity index (χ3v) is 1.85. The lowest BCUT2D eigenvalue weighted by Crippen LogP contribution is -2.22. The Morgan fingerprint density at radius 3 is 2.00 bits per heavy atom. The molecule has 0 aliphatic rings. The van der Waals surface area contributed by atoms with Crippen LogP contribution in [0.5, 0.6) is 0 Å². The van der Waals surface area contributed by atoms with E-state index in [0.717, 1.165) is 6.29 Å². The third kappa shape index (κ3) is 3.65. The quantitative estimate of drug-likeness (QED) is 0.467. The molecule has 0 bridgehead atoms. The minimum Gasteiger partial charge on any atom is -0.303 e. The summed E-state index contributed by atoms with van der Waals surface area (Å²) in [5.74, 6) is 0.162. The molecule has 0 aromatic heterocycles. The summed E-state index contributed by atoms with van der Waals surface area (Å²) in [6, 6.07) is 0. The zero-order valence-electron chi connectivity index (χ0n) is 8.33. The van der Waals surface area contributed by atoms with Gasteiger partial charge in [-0.2, -0.15) is 0 Å². The van der Waals surface area contributed by atoms with Gasteiger partial charge in [-0.05, 0) is 11.8 Å². The molecule has 0 spiro atoms. The first-order valence-electron chi connectivity index (χ1n) is 4.47. The van der Waals surface area contributed by atoms with Crippen molar-refractivity contribution in [2.24, 2.45) is 17.8 Å². The standard InChI is InChI=1S/C10H18O2/c1-7(2)5-10(12)9(6-11)8(3)4/h6-9H,5H2,1-4H3. The van der Waals surface area contributed by atoms with Crippen molar-refractivity contribution < 1.29 is 9.59 Å². The number of rotatable bonds is 5. The van der Waals surface area contributed by atoms with Crippen LogP contribution in [0.25, 0.3) is 0 Å². The predicted octanol–water partition coefficient (Wildman–Crippen LogP) is 2.07. The van der Waals surface area contributed by atoms with Gasteiger partial charge < -0.3 is 4.79 Å². The molecule has 2 nitrogen and oxygen atoms in total. The summed E-state index contributed by atoms with van der Waals surface area (Å²) in [7, 11) is 0. The summed E-state index contributed by atoms with van der Waals surface area (Å²) < 4.78 is 0. The first-order valence-corrected chi connectivity index (χ1v) is 4.47. The number of carbonyl (C=O) groups is 2. The van der Waals surface area contributed by atoms with Gasteiger partial charge in [-0.1, -0.05) is 27.7 Å². The van der Waals surface area contributed by atoms with Crippen molar-refractivity contribution in [2.75, 3.05) is 0 Å². The lowest BCUT2D eigenvalue weighted by atomic mass is 9.89. The van der Waals surface area contributed by atoms with Crippen LogP contribution in [0.1, 0.15) is 34.1 Å². The van der Waals surface area contributed by atoms with Crippen LogP contribution in [0.4, 0.5) is 0 Å². The largest absolute Gasteiger partial charge is 0.303 e. The topological polar surface area (TPSA) is 34.1 Å². The smallest absolute Gasteiger partial charge is 0.143 e. The van der Waals surface area contributed by atoms with Crippen LogP contribution in [-0.2, 0) is 9.59 Å². The summed E-state index contributed by atoms with van der Waals surface area (Å²) in [6.07, 6.45) is 1.29. The number of Topliss-reactive ketones (excluding diaryl/α,β-unsaturated/α-hetero) is 1. The van der Waals surface area contributed by atoms with Crippen molar-refractivity contribution in [2.45, 2.75) is 34.1 Å². The van der Waals surface area contributed by atoms with Gasteiger partial charge in [-0.3, -0.25) is 4.79 Å². The van der Waals surface area contributed by atoms with Gasteiger partial charge in [-0.15, -0.1) is 0 Å². The van der Waals surface area contributed by atoms with Gasteiger partial charge in [0.15, 0.2) is 0 Å². The minimum atomic E-state index is -0.396. The van der Waals surface area contributed by atoms with Crippen LogP contribution < -0.4 is 0 Å². The Morgan fingerprint density at radius 2 is 1.75 bits per heavy atom. The fraction of sp³-hybridized carbons (Fsp3) is 0.800. The van der Waals surface area contributed by atoms with Gasteiger partial charge in [0, 0.05) is 6.42 Å². The van der Waals surface area contributed by atoms with Gasteiger partial charge in [0.05, 0.1) is 5.92 Å². The average molecular weight is 170 g/mol. The molecule has 0 aromatic carbocycles. The maximum absolute atomic E-state index is 11.4. The van der Waals surface area contributed by atoms with E-state index in [1.807, 2.05) is 27.7 Å². The second-order valence-electron chi connectivity index (χ2n) is 3.97. The fourth-order valence-corrected chi connectivity index (χ4v) is 1.14. The molecule has 2 heteroatoms. The molecule has 12 heavy (non-hydrogen) atoms. The lowest BCUT2D eigenvalue weighted by molar-refractivity contribution is -0.129. The van der Waals surface area contributed by atoms with E-state index in [4.69, 9.17) is 0 Å². The number of hydrogen-bond acceptors (Lipinski definition) is 2. The van der Waals surface area contributed by atoms with Crippen LogP contribution in [0, 0.1) is 17.8 Å². The second-order valence-corrected chi connectivity index (χ2v) is 3.97. The Morgan fingerprint density at radius 1 is 1.25 bits per heavy atom. The van der Waals surface area contributed by atoms with Gasteiger partial charge in [0.25, 0.3) is 0 Å². The normalized spacial score (nSPS) is 13.5. The zero-order chi connectivity index (χ0) is 9.72. The first kappa shape index (κ1) is 11.3. The van der Waals surface area contributed by atoms with E-state index in [0.29, 0.717) is 12.3 Å². The molecule has 0 amide bonds. The van der Waals surface area contributed by atoms with Crippen LogP contribution in [0.15, 0.2) is 0 Å². The van der Waals surface area contributed by atoms with E-state index in [-0.39, 0.29) is 11.7 Å². The Bertz CT molecular complexity index is 159. The maximum Gasteiger partial charge on any atom is 0.143 e. The molecule has 0 aliphatic carbocycles.